The molecule has 2 N–H and O–H groups in total. The van der Waals surface area contributed by atoms with E-state index in [0.29, 0.717) is 13.1 Å². The minimum atomic E-state index is -0.659. The zero-order valence-electron chi connectivity index (χ0n) is 11.0. The van der Waals surface area contributed by atoms with E-state index < -0.39 is 5.60 Å². The highest BCUT2D eigenvalue weighted by molar-refractivity contribution is 5.54. The van der Waals surface area contributed by atoms with E-state index in [-0.39, 0.29) is 0 Å². The van der Waals surface area contributed by atoms with Crippen molar-refractivity contribution in [3.63, 3.8) is 0 Å². The smallest absolute Gasteiger partial charge is 0.0917 e. The standard InChI is InChI=1S/C14H22N2O/c1-11-4-5-13(12(2)8-11)16-7-6-15-9-14(3,17)10-16/h4-5,8,15,17H,6-7,9-10H2,1-3H3. The molecule has 1 aliphatic heterocycles. The van der Waals surface area contributed by atoms with Crippen molar-refractivity contribution in [2.75, 3.05) is 31.1 Å². The lowest BCUT2D eigenvalue weighted by Gasteiger charge is -2.30. The van der Waals surface area contributed by atoms with Gasteiger partial charge in [0.05, 0.1) is 5.60 Å². The van der Waals surface area contributed by atoms with Crippen LogP contribution >= 0.6 is 0 Å². The third-order valence-corrected chi connectivity index (χ3v) is 3.29. The fourth-order valence-corrected chi connectivity index (χ4v) is 2.48. The lowest BCUT2D eigenvalue weighted by molar-refractivity contribution is 0.0729. The summed E-state index contributed by atoms with van der Waals surface area (Å²) in [5, 5.41) is 13.5. The number of nitrogens with zero attached hydrogens (tertiary/aromatic N) is 1. The molecule has 0 bridgehead atoms. The third kappa shape index (κ3) is 2.99. The van der Waals surface area contributed by atoms with Crippen LogP contribution in [0, 0.1) is 13.8 Å². The summed E-state index contributed by atoms with van der Waals surface area (Å²) < 4.78 is 0. The van der Waals surface area contributed by atoms with Crippen LogP contribution in [0.1, 0.15) is 18.1 Å². The Morgan fingerprint density at radius 2 is 2.12 bits per heavy atom. The summed E-state index contributed by atoms with van der Waals surface area (Å²) in [6.45, 7) is 9.34. The average Bonchev–Trinajstić information content (AvgIpc) is 2.39. The normalized spacial score (nSPS) is 25.8. The highest BCUT2D eigenvalue weighted by Gasteiger charge is 2.27. The Morgan fingerprint density at radius 1 is 1.35 bits per heavy atom. The van der Waals surface area contributed by atoms with Gasteiger partial charge < -0.3 is 15.3 Å². The number of hydrogen-bond donors (Lipinski definition) is 2. The molecule has 1 atom stereocenters. The fourth-order valence-electron chi connectivity index (χ4n) is 2.48. The van der Waals surface area contributed by atoms with E-state index in [1.165, 1.54) is 16.8 Å². The van der Waals surface area contributed by atoms with Crippen molar-refractivity contribution >= 4 is 5.69 Å². The summed E-state index contributed by atoms with van der Waals surface area (Å²) in [5.41, 5.74) is 3.14. The van der Waals surface area contributed by atoms with Gasteiger partial charge in [-0.05, 0) is 32.4 Å². The zero-order valence-corrected chi connectivity index (χ0v) is 11.0. The molecule has 1 aromatic carbocycles. The van der Waals surface area contributed by atoms with Gasteiger partial charge in [0.1, 0.15) is 0 Å². The van der Waals surface area contributed by atoms with Crippen molar-refractivity contribution in [2.24, 2.45) is 0 Å². The van der Waals surface area contributed by atoms with Gasteiger partial charge in [-0.15, -0.1) is 0 Å². The molecular weight excluding hydrogens is 212 g/mol. The van der Waals surface area contributed by atoms with Crippen LogP contribution in [0.2, 0.25) is 0 Å². The second kappa shape index (κ2) is 4.67. The van der Waals surface area contributed by atoms with Crippen molar-refractivity contribution in [3.8, 4) is 0 Å². The van der Waals surface area contributed by atoms with Crippen LogP contribution in [-0.4, -0.2) is 36.9 Å². The first-order chi connectivity index (χ1) is 7.98. The van der Waals surface area contributed by atoms with Crippen LogP contribution in [0.3, 0.4) is 0 Å². The lowest BCUT2D eigenvalue weighted by Crippen LogP contribution is -2.43. The predicted octanol–water partition coefficient (Wildman–Crippen LogP) is 1.46. The SMILES string of the molecule is Cc1ccc(N2CCNCC(C)(O)C2)c(C)c1. The van der Waals surface area contributed by atoms with Gasteiger partial charge in [0, 0.05) is 31.9 Å². The van der Waals surface area contributed by atoms with E-state index in [1.807, 2.05) is 6.92 Å². The van der Waals surface area contributed by atoms with Gasteiger partial charge in [0.25, 0.3) is 0 Å². The van der Waals surface area contributed by atoms with E-state index in [9.17, 15) is 5.11 Å². The van der Waals surface area contributed by atoms with Gasteiger partial charge in [0.2, 0.25) is 0 Å². The van der Waals surface area contributed by atoms with Gasteiger partial charge in [-0.1, -0.05) is 17.7 Å². The molecule has 1 aliphatic rings. The maximum atomic E-state index is 10.2. The van der Waals surface area contributed by atoms with Crippen LogP contribution < -0.4 is 10.2 Å². The van der Waals surface area contributed by atoms with Crippen molar-refractivity contribution in [3.05, 3.63) is 29.3 Å². The summed E-state index contributed by atoms with van der Waals surface area (Å²) in [4.78, 5) is 2.27. The highest BCUT2D eigenvalue weighted by atomic mass is 16.3. The molecule has 1 heterocycles. The molecule has 0 amide bonds. The maximum Gasteiger partial charge on any atom is 0.0917 e. The largest absolute Gasteiger partial charge is 0.387 e. The van der Waals surface area contributed by atoms with E-state index in [0.717, 1.165) is 13.1 Å². The minimum absolute atomic E-state index is 0.659. The number of nitrogens with one attached hydrogen (secondary N) is 1. The number of hydrogen-bond acceptors (Lipinski definition) is 3. The first-order valence-electron chi connectivity index (χ1n) is 6.23. The molecule has 17 heavy (non-hydrogen) atoms. The first-order valence-corrected chi connectivity index (χ1v) is 6.23. The fraction of sp³-hybridized carbons (Fsp3) is 0.571. The molecule has 0 aliphatic carbocycles. The van der Waals surface area contributed by atoms with Gasteiger partial charge in [-0.2, -0.15) is 0 Å². The van der Waals surface area contributed by atoms with E-state index in [2.05, 4.69) is 42.3 Å². The van der Waals surface area contributed by atoms with E-state index in [1.54, 1.807) is 0 Å². The summed E-state index contributed by atoms with van der Waals surface area (Å²) in [5.74, 6) is 0. The monoisotopic (exact) mass is 234 g/mol. The van der Waals surface area contributed by atoms with Crippen molar-refractivity contribution in [2.45, 2.75) is 26.4 Å². The summed E-state index contributed by atoms with van der Waals surface area (Å²) >= 11 is 0. The third-order valence-electron chi connectivity index (χ3n) is 3.29. The second-order valence-electron chi connectivity index (χ2n) is 5.39. The highest BCUT2D eigenvalue weighted by Crippen LogP contribution is 2.23. The first kappa shape index (κ1) is 12.4. The molecule has 0 spiro atoms. The summed E-state index contributed by atoms with van der Waals surface area (Å²) in [7, 11) is 0. The molecule has 94 valence electrons. The zero-order chi connectivity index (χ0) is 12.5. The summed E-state index contributed by atoms with van der Waals surface area (Å²) in [6.07, 6.45) is 0. The summed E-state index contributed by atoms with van der Waals surface area (Å²) in [6, 6.07) is 6.49. The Hall–Kier alpha value is -1.06. The minimum Gasteiger partial charge on any atom is -0.387 e. The maximum absolute atomic E-state index is 10.2. The molecule has 1 fully saturated rings. The predicted molar refractivity (Wildman–Crippen MR) is 71.6 cm³/mol. The number of benzene rings is 1. The Morgan fingerprint density at radius 3 is 2.82 bits per heavy atom. The Bertz CT molecular complexity index is 401. The van der Waals surface area contributed by atoms with Crippen LogP contribution in [0.5, 0.6) is 0 Å². The van der Waals surface area contributed by atoms with Crippen molar-refractivity contribution in [1.82, 2.24) is 5.32 Å². The van der Waals surface area contributed by atoms with Gasteiger partial charge in [-0.3, -0.25) is 0 Å². The molecule has 2 rings (SSSR count). The van der Waals surface area contributed by atoms with Gasteiger partial charge >= 0.3 is 0 Å². The average molecular weight is 234 g/mol. The number of rotatable bonds is 1. The van der Waals surface area contributed by atoms with Crippen LogP contribution in [0.25, 0.3) is 0 Å². The molecule has 0 radical (unpaired) electrons. The van der Waals surface area contributed by atoms with Crippen LogP contribution in [0.4, 0.5) is 5.69 Å². The van der Waals surface area contributed by atoms with Crippen molar-refractivity contribution in [1.29, 1.82) is 0 Å². The van der Waals surface area contributed by atoms with E-state index >= 15 is 0 Å². The number of β-amino-alcohol motifs (C(OH)–C–C–N with tert-alkyl or cyclic N) is 1. The molecule has 3 heteroatoms. The quantitative estimate of drug-likeness (QED) is 0.772. The molecule has 1 saturated heterocycles. The molecular formula is C14H22N2O. The van der Waals surface area contributed by atoms with Crippen LogP contribution in [-0.2, 0) is 0 Å². The number of anilines is 1. The lowest BCUT2D eigenvalue weighted by atomic mass is 10.1. The Labute approximate surface area is 103 Å². The Balaban J connectivity index is 2.25. The van der Waals surface area contributed by atoms with Crippen molar-refractivity contribution < 1.29 is 5.11 Å². The molecule has 1 aromatic rings. The molecule has 3 nitrogen and oxygen atoms in total. The molecule has 0 aromatic heterocycles. The molecule has 1 unspecified atom stereocenters. The second-order valence-corrected chi connectivity index (χ2v) is 5.39. The molecule has 0 saturated carbocycles. The number of aryl methyl sites for hydroxylation is 2. The Kier molecular flexibility index (Phi) is 3.40. The van der Waals surface area contributed by atoms with E-state index in [4.69, 9.17) is 0 Å². The van der Waals surface area contributed by atoms with Gasteiger partial charge in [-0.25, -0.2) is 0 Å². The van der Waals surface area contributed by atoms with Gasteiger partial charge in [0.15, 0.2) is 0 Å². The topological polar surface area (TPSA) is 35.5 Å². The van der Waals surface area contributed by atoms with Crippen LogP contribution in [0.15, 0.2) is 18.2 Å². The number of aliphatic hydroxyl groups is 1.